The van der Waals surface area contributed by atoms with Crippen molar-refractivity contribution < 1.29 is 0 Å². The summed E-state index contributed by atoms with van der Waals surface area (Å²) >= 11 is 0. The summed E-state index contributed by atoms with van der Waals surface area (Å²) in [6, 6.07) is 94.7. The number of hydrogen-bond donors (Lipinski definition) is 0. The van der Waals surface area contributed by atoms with Crippen LogP contribution in [-0.4, -0.2) is 7.05 Å². The Hall–Kier alpha value is -8.98. The minimum atomic E-state index is 1.06. The van der Waals surface area contributed by atoms with Gasteiger partial charge in [0.05, 0.1) is 0 Å². The largest absolute Gasteiger partial charge is 0.345 e. The Morgan fingerprint density at radius 3 is 0.757 bits per heavy atom. The van der Waals surface area contributed by atoms with Crippen LogP contribution in [0.4, 0.5) is 22.7 Å². The van der Waals surface area contributed by atoms with Crippen molar-refractivity contribution in [2.45, 2.75) is 6.92 Å². The van der Waals surface area contributed by atoms with Crippen molar-refractivity contribution in [3.05, 3.63) is 304 Å². The van der Waals surface area contributed by atoms with Gasteiger partial charge in [-0.1, -0.05) is 243 Å². The molecule has 70 heavy (non-hydrogen) atoms. The van der Waals surface area contributed by atoms with Crippen LogP contribution in [-0.2, 0) is 0 Å². The third-order valence-corrected chi connectivity index (χ3v) is 12.6. The molecule has 10 aromatic carbocycles. The molecule has 0 heterocycles. The number of benzene rings is 10. The van der Waals surface area contributed by atoms with E-state index in [0.29, 0.717) is 0 Å². The molecule has 0 saturated heterocycles. The van der Waals surface area contributed by atoms with E-state index in [1.54, 1.807) is 0 Å². The lowest BCUT2D eigenvalue weighted by Crippen LogP contribution is -2.15. The van der Waals surface area contributed by atoms with Crippen molar-refractivity contribution in [2.75, 3.05) is 16.8 Å². The molecule has 0 N–H and O–H groups in total. The fraction of sp³-hybridized carbons (Fsp3) is 0.0294. The number of rotatable bonds is 13. The smallest absolute Gasteiger partial charge is 0.0461 e. The van der Waals surface area contributed by atoms with E-state index in [-0.39, 0.29) is 0 Å². The van der Waals surface area contributed by atoms with Gasteiger partial charge >= 0.3 is 0 Å². The van der Waals surface area contributed by atoms with Crippen LogP contribution in [0.25, 0.3) is 66.8 Å². The van der Waals surface area contributed by atoms with Gasteiger partial charge < -0.3 is 9.80 Å². The summed E-state index contributed by atoms with van der Waals surface area (Å²) in [7, 11) is 2.12. The van der Waals surface area contributed by atoms with Gasteiger partial charge in [-0.15, -0.1) is 0 Å². The Bertz CT molecular complexity index is 3220. The van der Waals surface area contributed by atoms with Crippen LogP contribution in [0.3, 0.4) is 0 Å². The zero-order valence-corrected chi connectivity index (χ0v) is 39.8. The molecule has 2 heteroatoms. The average molecular weight is 901 g/mol. The van der Waals surface area contributed by atoms with Gasteiger partial charge in [-0.25, -0.2) is 0 Å². The number of allylic oxidation sites excluding steroid dienone is 4. The molecule has 0 aliphatic rings. The molecule has 2 nitrogen and oxygen atoms in total. The normalized spacial score (nSPS) is 11.1. The monoisotopic (exact) mass is 900 g/mol. The highest BCUT2D eigenvalue weighted by Gasteiger charge is 2.14. The molecule has 0 atom stereocenters. The van der Waals surface area contributed by atoms with Crippen molar-refractivity contribution >= 4 is 22.7 Å². The van der Waals surface area contributed by atoms with Crippen LogP contribution in [0, 0.1) is 0 Å². The van der Waals surface area contributed by atoms with Crippen molar-refractivity contribution in [3.8, 4) is 66.8 Å². The predicted octanol–water partition coefficient (Wildman–Crippen LogP) is 18.9. The highest BCUT2D eigenvalue weighted by Crippen LogP contribution is 2.36. The molecule has 0 bridgehead atoms. The summed E-state index contributed by atoms with van der Waals surface area (Å²) in [5.74, 6) is 0. The van der Waals surface area contributed by atoms with Crippen LogP contribution in [0.2, 0.25) is 0 Å². The topological polar surface area (TPSA) is 6.48 Å². The maximum atomic E-state index is 3.92. The second kappa shape index (κ2) is 22.7. The number of anilines is 4. The third kappa shape index (κ3) is 11.2. The molecule has 0 aliphatic heterocycles. The molecule has 0 unspecified atom stereocenters. The van der Waals surface area contributed by atoms with E-state index in [4.69, 9.17) is 0 Å². The van der Waals surface area contributed by atoms with Gasteiger partial charge in [0, 0.05) is 35.5 Å². The predicted molar refractivity (Wildman–Crippen MR) is 302 cm³/mol. The number of nitrogens with zero attached hydrogens (tertiary/aromatic N) is 2. The van der Waals surface area contributed by atoms with Gasteiger partial charge in [0.1, 0.15) is 0 Å². The van der Waals surface area contributed by atoms with E-state index in [9.17, 15) is 0 Å². The van der Waals surface area contributed by atoms with Crippen LogP contribution in [0.15, 0.2) is 304 Å². The second-order valence-corrected chi connectivity index (χ2v) is 17.0. The van der Waals surface area contributed by atoms with Crippen molar-refractivity contribution in [1.82, 2.24) is 0 Å². The molecule has 0 spiro atoms. The zero-order valence-electron chi connectivity index (χ0n) is 39.8. The summed E-state index contributed by atoms with van der Waals surface area (Å²) < 4.78 is 0. The highest BCUT2D eigenvalue weighted by atomic mass is 15.1. The van der Waals surface area contributed by atoms with E-state index in [1.807, 2.05) is 48.6 Å². The van der Waals surface area contributed by atoms with E-state index in [0.717, 1.165) is 28.4 Å². The first kappa shape index (κ1) is 46.1. The molecule has 0 radical (unpaired) electrons. The lowest BCUT2D eigenvalue weighted by molar-refractivity contribution is 1.20. The first-order chi connectivity index (χ1) is 34.5. The van der Waals surface area contributed by atoms with Crippen molar-refractivity contribution in [2.24, 2.45) is 0 Å². The second-order valence-electron chi connectivity index (χ2n) is 17.0. The first-order valence-corrected chi connectivity index (χ1v) is 23.9. The molecular weight excluding hydrogens is 845 g/mol. The number of hydrogen-bond acceptors (Lipinski definition) is 2. The Kier molecular flexibility index (Phi) is 14.9. The van der Waals surface area contributed by atoms with Gasteiger partial charge in [-0.05, 0) is 128 Å². The van der Waals surface area contributed by atoms with Crippen LogP contribution < -0.4 is 9.80 Å². The SMILES string of the molecule is C=C/C=C\C(=C/C)N(c1ccc(-c2ccc(-c3ccccc3)cc2)cc1)c1ccc(-c2ccc(-c3ccc(N(C)c4ccc(-c5ccc(-c6ccccc6)cc5)cc4)cc3)cc2)cc1.c1ccccc1. The quantitative estimate of drug-likeness (QED) is 0.106. The Morgan fingerprint density at radius 1 is 0.300 bits per heavy atom. The van der Waals surface area contributed by atoms with Gasteiger partial charge in [-0.3, -0.25) is 0 Å². The Balaban J connectivity index is 0.000000943. The molecule has 0 saturated carbocycles. The fourth-order valence-electron chi connectivity index (χ4n) is 8.64. The van der Waals surface area contributed by atoms with Gasteiger partial charge in [0.15, 0.2) is 0 Å². The molecule has 0 aromatic heterocycles. The summed E-state index contributed by atoms with van der Waals surface area (Å²) in [4.78, 5) is 4.52. The first-order valence-electron chi connectivity index (χ1n) is 23.9. The van der Waals surface area contributed by atoms with Gasteiger partial charge in [0.2, 0.25) is 0 Å². The van der Waals surface area contributed by atoms with Gasteiger partial charge in [-0.2, -0.15) is 0 Å². The highest BCUT2D eigenvalue weighted by molar-refractivity contribution is 5.79. The average Bonchev–Trinajstić information content (AvgIpc) is 3.45. The maximum Gasteiger partial charge on any atom is 0.0461 e. The molecular formula is C68H56N2. The molecule has 338 valence electrons. The molecule has 10 aromatic rings. The summed E-state index contributed by atoms with van der Waals surface area (Å²) in [5, 5.41) is 0. The molecule has 0 fully saturated rings. The van der Waals surface area contributed by atoms with Crippen LogP contribution in [0.1, 0.15) is 6.92 Å². The van der Waals surface area contributed by atoms with E-state index in [2.05, 4.69) is 273 Å². The summed E-state index contributed by atoms with van der Waals surface area (Å²) in [6.45, 7) is 5.99. The lowest BCUT2D eigenvalue weighted by atomic mass is 9.99. The minimum absolute atomic E-state index is 1.06. The summed E-state index contributed by atoms with van der Waals surface area (Å²) in [6.07, 6.45) is 8.04. The molecule has 0 amide bonds. The van der Waals surface area contributed by atoms with Crippen LogP contribution >= 0.6 is 0 Å². The van der Waals surface area contributed by atoms with E-state index < -0.39 is 0 Å². The zero-order chi connectivity index (χ0) is 47.9. The fourth-order valence-corrected chi connectivity index (χ4v) is 8.64. The van der Waals surface area contributed by atoms with Crippen molar-refractivity contribution in [1.29, 1.82) is 0 Å². The lowest BCUT2D eigenvalue weighted by Gasteiger charge is -2.27. The van der Waals surface area contributed by atoms with Gasteiger partial charge in [0.25, 0.3) is 0 Å². The maximum absolute atomic E-state index is 3.92. The van der Waals surface area contributed by atoms with Crippen LogP contribution in [0.5, 0.6) is 0 Å². The Labute approximate surface area is 414 Å². The molecule has 0 aliphatic carbocycles. The standard InChI is InChI=1S/C62H50N2.C6H6/c1-4-6-17-58(5-2)64(61-42-34-56(35-43-61)52-24-20-49(21-25-52)47-15-11-8-12-16-47)62-44-36-57(37-45-62)53-28-26-51(27-29-53)55-32-40-60(41-33-55)63(3)59-38-30-54(31-39-59)50-22-18-48(19-23-50)46-13-9-7-10-14-46;1-2-4-6-5-3-1/h4-45H,1H2,2-3H3;1-6H/b17-6-,58-5+;. The Morgan fingerprint density at radius 2 is 0.514 bits per heavy atom. The summed E-state index contributed by atoms with van der Waals surface area (Å²) in [5.41, 5.74) is 19.9. The van der Waals surface area contributed by atoms with Crippen molar-refractivity contribution in [3.63, 3.8) is 0 Å². The third-order valence-electron chi connectivity index (χ3n) is 12.6. The molecule has 10 rings (SSSR count). The minimum Gasteiger partial charge on any atom is -0.345 e. The van der Waals surface area contributed by atoms with E-state index in [1.165, 1.54) is 66.8 Å². The van der Waals surface area contributed by atoms with E-state index >= 15 is 0 Å².